The number of hydrogen-bond donors (Lipinski definition) is 6. The summed E-state index contributed by atoms with van der Waals surface area (Å²) in [5.41, 5.74) is 7.89. The third-order valence-corrected chi connectivity index (χ3v) is 33.3. The van der Waals surface area contributed by atoms with Crippen molar-refractivity contribution in [3.8, 4) is 0 Å². The number of likely N-dealkylation sites (tertiary alicyclic amines) is 2. The Bertz CT molecular complexity index is 6000. The Kier molecular flexibility index (Phi) is 36.5. The number of amides is 8. The summed E-state index contributed by atoms with van der Waals surface area (Å²) in [6.07, 6.45) is 8.30. The van der Waals surface area contributed by atoms with Gasteiger partial charge in [0.05, 0.1) is 44.6 Å². The molecule has 8 amide bonds. The number of rotatable bonds is 23. The minimum absolute atomic E-state index is 0.00585. The molecular weight excluding hydrogens is 1910 g/mol. The van der Waals surface area contributed by atoms with E-state index in [1.54, 1.807) is 134 Å². The van der Waals surface area contributed by atoms with Crippen molar-refractivity contribution in [3.05, 3.63) is 320 Å². The number of nitrogens with zero attached hydrogens (tertiary/aromatic N) is 12. The van der Waals surface area contributed by atoms with Crippen molar-refractivity contribution in [2.45, 2.75) is 142 Å². The summed E-state index contributed by atoms with van der Waals surface area (Å²) in [6.45, 7) is 10.1. The van der Waals surface area contributed by atoms with E-state index < -0.39 is 160 Å². The van der Waals surface area contributed by atoms with Crippen LogP contribution in [0.25, 0.3) is 32.7 Å². The lowest BCUT2D eigenvalue weighted by Crippen LogP contribution is -2.54. The zero-order valence-corrected chi connectivity index (χ0v) is 82.5. The van der Waals surface area contributed by atoms with E-state index in [4.69, 9.17) is 29.4 Å². The van der Waals surface area contributed by atoms with Crippen LogP contribution < -0.4 is 10.6 Å². The number of urea groups is 3. The third-order valence-electron chi connectivity index (χ3n) is 28.6. The second-order valence-corrected chi connectivity index (χ2v) is 43.6. The second kappa shape index (κ2) is 47.4. The van der Waals surface area contributed by atoms with Gasteiger partial charge in [-0.2, -0.15) is 0 Å². The largest absolute Gasteiger partial charge is 0.437 e. The van der Waals surface area contributed by atoms with Gasteiger partial charge in [0.2, 0.25) is 7.85 Å². The zero-order valence-electron chi connectivity index (χ0n) is 80.7. The van der Waals surface area contributed by atoms with Crippen molar-refractivity contribution in [2.75, 3.05) is 127 Å². The van der Waals surface area contributed by atoms with Crippen molar-refractivity contribution in [2.24, 2.45) is 5.11 Å². The standard InChI is InChI=1S/C25H28F3N3O2.C24H23BF3N3O3.C24H28ClF2NO2Si.C24H26F3N3O2.C6H12BFN4O/c1-29-15-21(11-20(29)13-26)30(2)24(33)31-14-17(22-10-19(27)8-9-23(22)28)12-25(31,16-32)18-6-4-3-5-7-18;25-22(33)30-13-18(9-19(30)11-26)29-23(34)31-12-15(20-8-17(27)6-7-21(20)28)10-24(31,14-32)16-4-2-1-3-5-16;1-23(2,3)31(4,5)30-16-24(18-9-7-6-8-10-18)14-17(15-28(24)22(25)29)20-13-19(26)11-12-21(20)27;1-29(20-10-19(12-25)28-13-20)23(32)30-14-16(21-9-18(26)7-8-22(21)27)11-24(30,15-31)17-5-3-2-4-6-17;1-7(13)12-4-5(10-11-9)2-6(12)3-8/h3-10,12,20-21,32H,11,13-16H2,1-2H3;1-8,10,18-19,32H,9,11-14H2,(H,29,34);6-14H,15-16H2,1-5H3;2-9,11,19-20,28,31H,10,12-15H2,1H3;5-6,13H,2-4H2,1H3/t20-,21-,25+;18-,19-,24+;24-;19-,20-,24+;5-,6-/m00100/s1. The molecule has 0 bridgehead atoms. The first kappa shape index (κ1) is 110. The Morgan fingerprint density at radius 2 is 0.909 bits per heavy atom. The summed E-state index contributed by atoms with van der Waals surface area (Å²) in [7, 11) is 7.59. The van der Waals surface area contributed by atoms with Crippen LogP contribution in [-0.4, -0.2) is 292 Å². The summed E-state index contributed by atoms with van der Waals surface area (Å²) < 4.78 is 173. The maximum absolute atomic E-state index is 14.6. The molecule has 0 aromatic heterocycles. The van der Waals surface area contributed by atoms with Gasteiger partial charge < -0.3 is 74.5 Å². The SMILES string of the molecule is CB(O)N1C[C@@H](N=[N+]=[N-])C[C@H]1CF.CC(C)(C)[Si](C)(C)OC[C@@]1(c2ccccc2)C=C(c2cc(F)ccc2F)CN1C(=O)Cl.CN(C(=O)N1CC(c2cc(F)ccc2F)=C[C@@]1(CO)c1ccccc1)[C@@H]1CN[C@H](CF)C1.CN1C[C@@H](N(C)C(=O)N2CC(c3cc(F)ccc3F)=C[C@@]2(CO)c2ccccc2)C[C@H]1CF.[B]C(=O)N1C[C@@H](NC(=O)N2CC(c3cc(F)ccc3F)=C[C@@]2(CO)c2ccccc2)C[C@H]1CF. The van der Waals surface area contributed by atoms with Crippen LogP contribution in [0.5, 0.6) is 0 Å². The average molecular weight is 2020 g/mol. The van der Waals surface area contributed by atoms with E-state index in [0.717, 1.165) is 83.3 Å². The van der Waals surface area contributed by atoms with Crippen molar-refractivity contribution >= 4 is 86.4 Å². The Labute approximate surface area is 831 Å². The zero-order chi connectivity index (χ0) is 104. The van der Waals surface area contributed by atoms with Crippen LogP contribution in [0.4, 0.5) is 76.7 Å². The molecule has 143 heavy (non-hydrogen) atoms. The van der Waals surface area contributed by atoms with Crippen LogP contribution in [0, 0.1) is 46.5 Å². The molecule has 0 saturated carbocycles. The first-order chi connectivity index (χ1) is 68.0. The molecule has 0 unspecified atom stereocenters. The van der Waals surface area contributed by atoms with E-state index in [9.17, 15) is 97.0 Å². The molecule has 760 valence electrons. The van der Waals surface area contributed by atoms with Crippen LogP contribution in [-0.2, 0) is 26.6 Å². The molecule has 8 aliphatic rings. The monoisotopic (exact) mass is 2020 g/mol. The Hall–Kier alpha value is -11.7. The van der Waals surface area contributed by atoms with Gasteiger partial charge >= 0.3 is 30.5 Å². The highest BCUT2D eigenvalue weighted by Gasteiger charge is 2.53. The second-order valence-electron chi connectivity index (χ2n) is 38.4. The first-order valence-corrected chi connectivity index (χ1v) is 50.1. The number of aliphatic hydroxyl groups is 3. The quantitative estimate of drug-likeness (QED) is 0.00662. The highest BCUT2D eigenvalue weighted by molar-refractivity contribution is 6.74. The molecule has 8 aromatic rings. The minimum atomic E-state index is -2.18. The maximum Gasteiger partial charge on any atom is 0.376 e. The minimum Gasteiger partial charge on any atom is -0.437 e. The fourth-order valence-corrected chi connectivity index (χ4v) is 20.7. The number of azide groups is 1. The van der Waals surface area contributed by atoms with E-state index in [1.807, 2.05) is 54.4 Å². The van der Waals surface area contributed by atoms with Crippen molar-refractivity contribution < 1.29 is 101 Å². The molecule has 16 rings (SSSR count). The van der Waals surface area contributed by atoms with Gasteiger partial charge in [-0.1, -0.05) is 147 Å². The van der Waals surface area contributed by atoms with Gasteiger partial charge in [-0.05, 0) is 223 Å². The van der Waals surface area contributed by atoms with E-state index in [0.29, 0.717) is 77.9 Å². The highest BCUT2D eigenvalue weighted by atomic mass is 35.5. The van der Waals surface area contributed by atoms with Gasteiger partial charge in [-0.15, -0.1) is 0 Å². The molecule has 0 aliphatic carbocycles. The molecule has 12 atom stereocenters. The molecule has 4 saturated heterocycles. The molecule has 40 heteroatoms. The van der Waals surface area contributed by atoms with E-state index in [1.165, 1.54) is 24.5 Å². The number of carbonyl (C=O) groups excluding carboxylic acids is 5. The lowest BCUT2D eigenvalue weighted by Gasteiger charge is -2.42. The number of likely N-dealkylation sites (N-methyl/N-ethyl adjacent to an activating group) is 3. The number of nitrogens with one attached hydrogen (secondary N) is 2. The number of alkyl halides is 4. The normalized spacial score (nSPS) is 24.1. The van der Waals surface area contributed by atoms with E-state index in [2.05, 4.69) is 54.5 Å². The van der Waals surface area contributed by atoms with Gasteiger partial charge in [0.1, 0.15) is 95.4 Å². The van der Waals surface area contributed by atoms with Crippen molar-refractivity contribution in [1.29, 1.82) is 0 Å². The fraction of sp³-hybridized carbons (Fsp3) is 0.408. The molecule has 0 spiro atoms. The lowest BCUT2D eigenvalue weighted by atomic mass is 9.84. The maximum atomic E-state index is 14.6. The first-order valence-electron chi connectivity index (χ1n) is 46.8. The average Bonchev–Trinajstić information content (AvgIpc) is 1.60. The molecule has 2 radical (unpaired) electrons. The van der Waals surface area contributed by atoms with Crippen LogP contribution in [0.3, 0.4) is 0 Å². The van der Waals surface area contributed by atoms with Crippen molar-refractivity contribution in [3.63, 3.8) is 0 Å². The predicted octanol–water partition coefficient (Wildman–Crippen LogP) is 17.7. The van der Waals surface area contributed by atoms with Gasteiger partial charge in [0, 0.05) is 117 Å². The third kappa shape index (κ3) is 24.2. The number of benzene rings is 8. The Morgan fingerprint density at radius 1 is 0.531 bits per heavy atom. The number of halogens is 13. The van der Waals surface area contributed by atoms with Crippen LogP contribution in [0.2, 0.25) is 25.0 Å². The smallest absolute Gasteiger partial charge is 0.376 e. The topological polar surface area (TPSA) is 277 Å². The highest BCUT2D eigenvalue weighted by Crippen LogP contribution is 2.49. The molecule has 4 fully saturated rings. The van der Waals surface area contributed by atoms with Gasteiger partial charge in [0.15, 0.2) is 14.1 Å². The van der Waals surface area contributed by atoms with Crippen LogP contribution in [0.1, 0.15) is 91.0 Å². The Balaban J connectivity index is 0.000000163. The summed E-state index contributed by atoms with van der Waals surface area (Å²) in [6, 6.07) is 44.7. The molecule has 6 N–H and O–H groups in total. The van der Waals surface area contributed by atoms with Gasteiger partial charge in [-0.25, -0.2) is 67.1 Å². The van der Waals surface area contributed by atoms with E-state index in [-0.39, 0.29) is 121 Å². The summed E-state index contributed by atoms with van der Waals surface area (Å²) in [5.74, 6) is -5.56. The van der Waals surface area contributed by atoms with Crippen LogP contribution in [0.15, 0.2) is 224 Å². The Morgan fingerprint density at radius 3 is 1.24 bits per heavy atom. The molecule has 8 aliphatic heterocycles. The van der Waals surface area contributed by atoms with E-state index >= 15 is 0 Å². The fourth-order valence-electron chi connectivity index (χ4n) is 19.5. The lowest BCUT2D eigenvalue weighted by molar-refractivity contribution is 0.0800. The van der Waals surface area contributed by atoms with Crippen LogP contribution >= 0.6 is 11.6 Å². The molecule has 24 nitrogen and oxygen atoms in total. The summed E-state index contributed by atoms with van der Waals surface area (Å²) in [4.78, 5) is 81.1. The number of hydrogen-bond acceptors (Lipinski definition) is 14. The summed E-state index contributed by atoms with van der Waals surface area (Å²) >= 11 is 6.02. The summed E-state index contributed by atoms with van der Waals surface area (Å²) in [5, 5.41) is 49.5. The predicted molar refractivity (Wildman–Crippen MR) is 528 cm³/mol. The number of aliphatic hydroxyl groups excluding tert-OH is 3. The van der Waals surface area contributed by atoms with Crippen molar-refractivity contribution in [1.82, 2.24) is 54.6 Å². The van der Waals surface area contributed by atoms with Gasteiger partial charge in [-0.3, -0.25) is 14.5 Å². The molecule has 8 heterocycles. The van der Waals surface area contributed by atoms with Gasteiger partial charge in [0.25, 0.3) is 0 Å². The molecule has 8 aromatic carbocycles. The number of carbonyl (C=O) groups is 5. The molecular formula is C103H117B2ClF12N14O10Si.